The van der Waals surface area contributed by atoms with Crippen LogP contribution in [-0.2, 0) is 9.53 Å². The first-order valence-corrected chi connectivity index (χ1v) is 8.40. The van der Waals surface area contributed by atoms with Crippen molar-refractivity contribution in [3.63, 3.8) is 0 Å². The molecule has 0 aliphatic carbocycles. The lowest BCUT2D eigenvalue weighted by Crippen LogP contribution is -2.42. The number of hydrogen-bond acceptors (Lipinski definition) is 3. The summed E-state index contributed by atoms with van der Waals surface area (Å²) in [4.78, 5) is 14.6. The van der Waals surface area contributed by atoms with E-state index in [9.17, 15) is 4.79 Å². The van der Waals surface area contributed by atoms with Crippen LogP contribution in [-0.4, -0.2) is 43.2 Å². The van der Waals surface area contributed by atoms with E-state index in [4.69, 9.17) is 4.74 Å². The number of hydrogen-bond donors (Lipinski definition) is 1. The van der Waals surface area contributed by atoms with Gasteiger partial charge >= 0.3 is 0 Å². The highest BCUT2D eigenvalue weighted by Gasteiger charge is 2.31. The van der Waals surface area contributed by atoms with Crippen LogP contribution in [0.1, 0.15) is 30.9 Å². The minimum Gasteiger partial charge on any atom is -0.375 e. The summed E-state index contributed by atoms with van der Waals surface area (Å²) < 4.78 is 6.72. The zero-order valence-corrected chi connectivity index (χ0v) is 14.9. The molecule has 2 fully saturated rings. The van der Waals surface area contributed by atoms with Gasteiger partial charge in [-0.2, -0.15) is 0 Å². The van der Waals surface area contributed by atoms with Crippen LogP contribution < -0.4 is 5.32 Å². The van der Waals surface area contributed by atoms with Gasteiger partial charge in [0.15, 0.2) is 0 Å². The first kappa shape index (κ1) is 17.7. The minimum absolute atomic E-state index is 0. The van der Waals surface area contributed by atoms with E-state index in [1.165, 1.54) is 5.56 Å². The number of amides is 1. The average Bonchev–Trinajstić information content (AvgIpc) is 2.98. The van der Waals surface area contributed by atoms with Gasteiger partial charge in [0.2, 0.25) is 5.91 Å². The van der Waals surface area contributed by atoms with Gasteiger partial charge in [-0.3, -0.25) is 4.79 Å². The first-order valence-electron chi connectivity index (χ1n) is 7.61. The van der Waals surface area contributed by atoms with Gasteiger partial charge in [0.25, 0.3) is 0 Å². The summed E-state index contributed by atoms with van der Waals surface area (Å²) >= 11 is 3.51. The Labute approximate surface area is 146 Å². The lowest BCUT2D eigenvalue weighted by molar-refractivity contribution is -0.135. The number of carbonyl (C=O) groups is 1. The summed E-state index contributed by atoms with van der Waals surface area (Å²) in [5, 5.41) is 3.28. The van der Waals surface area contributed by atoms with Crippen LogP contribution in [0.25, 0.3) is 0 Å². The molecule has 0 bridgehead atoms. The van der Waals surface area contributed by atoms with E-state index < -0.39 is 0 Å². The summed E-state index contributed by atoms with van der Waals surface area (Å²) in [5.74, 6) is 0.214. The quantitative estimate of drug-likeness (QED) is 0.864. The van der Waals surface area contributed by atoms with E-state index >= 15 is 0 Å². The molecule has 2 atom stereocenters. The van der Waals surface area contributed by atoms with Gasteiger partial charge in [0.05, 0.1) is 25.2 Å². The molecule has 1 N–H and O–H groups in total. The molecule has 6 heteroatoms. The first-order chi connectivity index (χ1) is 10.2. The van der Waals surface area contributed by atoms with Gasteiger partial charge in [0.1, 0.15) is 0 Å². The topological polar surface area (TPSA) is 41.6 Å². The Morgan fingerprint density at radius 3 is 3.05 bits per heavy atom. The van der Waals surface area contributed by atoms with Gasteiger partial charge < -0.3 is 15.0 Å². The van der Waals surface area contributed by atoms with Gasteiger partial charge in [-0.15, -0.1) is 12.4 Å². The van der Waals surface area contributed by atoms with Crippen LogP contribution >= 0.6 is 28.3 Å². The third-order valence-corrected chi connectivity index (χ3v) is 4.71. The summed E-state index contributed by atoms with van der Waals surface area (Å²) in [6, 6.07) is 8.50. The normalized spacial score (nSPS) is 24.9. The lowest BCUT2D eigenvalue weighted by Gasteiger charge is -2.29. The molecule has 3 rings (SSSR count). The third kappa shape index (κ3) is 4.22. The fourth-order valence-corrected chi connectivity index (χ4v) is 3.61. The Balaban J connectivity index is 0.00000176. The van der Waals surface area contributed by atoms with Crippen molar-refractivity contribution in [1.82, 2.24) is 10.2 Å². The SMILES string of the molecule is Cl.O=C(CC1CNCCO1)N1CCCC1c1cccc(Br)c1. The molecule has 0 spiro atoms. The Hall–Kier alpha value is -0.620. The van der Waals surface area contributed by atoms with Gasteiger partial charge in [0, 0.05) is 24.1 Å². The van der Waals surface area contributed by atoms with Crippen molar-refractivity contribution < 1.29 is 9.53 Å². The molecule has 2 unspecified atom stereocenters. The molecule has 2 aliphatic rings. The second-order valence-electron chi connectivity index (χ2n) is 5.70. The molecule has 22 heavy (non-hydrogen) atoms. The van der Waals surface area contributed by atoms with E-state index in [1.807, 2.05) is 17.0 Å². The van der Waals surface area contributed by atoms with Crippen LogP contribution in [0.3, 0.4) is 0 Å². The molecule has 4 nitrogen and oxygen atoms in total. The number of rotatable bonds is 3. The molecular weight excluding hydrogens is 368 g/mol. The largest absolute Gasteiger partial charge is 0.375 e. The van der Waals surface area contributed by atoms with E-state index in [0.29, 0.717) is 13.0 Å². The number of nitrogens with zero attached hydrogens (tertiary/aromatic N) is 1. The zero-order chi connectivity index (χ0) is 14.7. The standard InChI is InChI=1S/C16H21BrN2O2.ClH/c17-13-4-1-3-12(9-13)15-5-2-7-19(15)16(20)10-14-11-18-6-8-21-14;/h1,3-4,9,14-15,18H,2,5-8,10-11H2;1H. The smallest absolute Gasteiger partial charge is 0.225 e. The highest BCUT2D eigenvalue weighted by atomic mass is 79.9. The lowest BCUT2D eigenvalue weighted by atomic mass is 10.0. The molecule has 2 aliphatic heterocycles. The van der Waals surface area contributed by atoms with Crippen molar-refractivity contribution in [3.8, 4) is 0 Å². The summed E-state index contributed by atoms with van der Waals surface area (Å²) in [6.07, 6.45) is 2.63. The van der Waals surface area contributed by atoms with E-state index in [1.54, 1.807) is 0 Å². The number of ether oxygens (including phenoxy) is 1. The molecule has 122 valence electrons. The molecule has 2 heterocycles. The fourth-order valence-electron chi connectivity index (χ4n) is 3.19. The molecule has 0 aromatic heterocycles. The summed E-state index contributed by atoms with van der Waals surface area (Å²) in [5.41, 5.74) is 1.22. The molecule has 1 amide bonds. The van der Waals surface area contributed by atoms with E-state index in [2.05, 4.69) is 33.4 Å². The van der Waals surface area contributed by atoms with Crippen LogP contribution in [0, 0.1) is 0 Å². The van der Waals surface area contributed by atoms with E-state index in [-0.39, 0.29) is 30.5 Å². The Morgan fingerprint density at radius 1 is 1.45 bits per heavy atom. The van der Waals surface area contributed by atoms with Gasteiger partial charge in [-0.25, -0.2) is 0 Å². The summed E-state index contributed by atoms with van der Waals surface area (Å²) in [6.45, 7) is 3.22. The molecule has 0 saturated carbocycles. The average molecular weight is 390 g/mol. The van der Waals surface area contributed by atoms with E-state index in [0.717, 1.165) is 36.9 Å². The number of likely N-dealkylation sites (tertiary alicyclic amines) is 1. The predicted molar refractivity (Wildman–Crippen MR) is 92.3 cm³/mol. The zero-order valence-electron chi connectivity index (χ0n) is 12.5. The highest BCUT2D eigenvalue weighted by molar-refractivity contribution is 9.10. The maximum atomic E-state index is 12.6. The van der Waals surface area contributed by atoms with Crippen LogP contribution in [0.15, 0.2) is 28.7 Å². The van der Waals surface area contributed by atoms with Gasteiger partial charge in [-0.05, 0) is 30.5 Å². The fraction of sp³-hybridized carbons (Fsp3) is 0.562. The number of halogens is 2. The minimum atomic E-state index is 0. The second-order valence-corrected chi connectivity index (χ2v) is 6.62. The molecule has 2 saturated heterocycles. The Morgan fingerprint density at radius 2 is 2.32 bits per heavy atom. The second kappa shape index (κ2) is 8.29. The number of nitrogens with one attached hydrogen (secondary N) is 1. The number of morpholine rings is 1. The maximum absolute atomic E-state index is 12.6. The monoisotopic (exact) mass is 388 g/mol. The van der Waals surface area contributed by atoms with Crippen LogP contribution in [0.4, 0.5) is 0 Å². The summed E-state index contributed by atoms with van der Waals surface area (Å²) in [7, 11) is 0. The van der Waals surface area contributed by atoms with Crippen molar-refractivity contribution >= 4 is 34.2 Å². The number of benzene rings is 1. The Bertz CT molecular complexity index is 509. The predicted octanol–water partition coefficient (Wildman–Crippen LogP) is 2.91. The van der Waals surface area contributed by atoms with Gasteiger partial charge in [-0.1, -0.05) is 28.1 Å². The molecule has 0 radical (unpaired) electrons. The van der Waals surface area contributed by atoms with Crippen molar-refractivity contribution in [3.05, 3.63) is 34.3 Å². The molecule has 1 aromatic carbocycles. The molecule has 1 aromatic rings. The number of carbonyl (C=O) groups excluding carboxylic acids is 1. The molecular formula is C16H22BrClN2O2. The van der Waals surface area contributed by atoms with Crippen molar-refractivity contribution in [2.45, 2.75) is 31.4 Å². The third-order valence-electron chi connectivity index (χ3n) is 4.21. The maximum Gasteiger partial charge on any atom is 0.225 e. The van der Waals surface area contributed by atoms with Crippen molar-refractivity contribution in [1.29, 1.82) is 0 Å². The van der Waals surface area contributed by atoms with Crippen LogP contribution in [0.5, 0.6) is 0 Å². The highest BCUT2D eigenvalue weighted by Crippen LogP contribution is 2.33. The van der Waals surface area contributed by atoms with Crippen molar-refractivity contribution in [2.24, 2.45) is 0 Å². The van der Waals surface area contributed by atoms with Crippen molar-refractivity contribution in [2.75, 3.05) is 26.2 Å². The Kier molecular flexibility index (Phi) is 6.68. The van der Waals surface area contributed by atoms with Crippen LogP contribution in [0.2, 0.25) is 0 Å².